The van der Waals surface area contributed by atoms with E-state index in [0.717, 1.165) is 11.0 Å². The number of thiophene rings is 1. The third-order valence-electron chi connectivity index (χ3n) is 2.32. The fraction of sp³-hybridized carbons (Fsp3) is 0.182. The molecule has 0 saturated carbocycles. The molecule has 0 atom stereocenters. The third kappa shape index (κ3) is 2.48. The molecule has 0 radical (unpaired) electrons. The van der Waals surface area contributed by atoms with Gasteiger partial charge in [0, 0.05) is 16.3 Å². The monoisotopic (exact) mass is 270 g/mol. The second-order valence-electron chi connectivity index (χ2n) is 3.81. The number of sulfone groups is 1. The highest BCUT2D eigenvalue weighted by atomic mass is 32.2. The van der Waals surface area contributed by atoms with Crippen molar-refractivity contribution in [1.82, 2.24) is 0 Å². The van der Waals surface area contributed by atoms with Gasteiger partial charge in [0.2, 0.25) is 0 Å². The van der Waals surface area contributed by atoms with E-state index in [1.165, 1.54) is 17.4 Å². The molecule has 0 fully saturated rings. The van der Waals surface area contributed by atoms with E-state index in [1.54, 1.807) is 17.5 Å². The van der Waals surface area contributed by atoms with Gasteiger partial charge in [-0.25, -0.2) is 13.2 Å². The maximum absolute atomic E-state index is 11.3. The molecule has 1 heterocycles. The van der Waals surface area contributed by atoms with Gasteiger partial charge in [0.25, 0.3) is 0 Å². The lowest BCUT2D eigenvalue weighted by molar-refractivity contribution is 0.0699. The highest BCUT2D eigenvalue weighted by molar-refractivity contribution is 7.89. The molecule has 0 unspecified atom stereocenters. The van der Waals surface area contributed by atoms with Crippen molar-refractivity contribution in [3.8, 4) is 0 Å². The molecular weight excluding hydrogens is 260 g/mol. The average molecular weight is 270 g/mol. The van der Waals surface area contributed by atoms with Crippen LogP contribution in [-0.2, 0) is 15.6 Å². The smallest absolute Gasteiger partial charge is 0.336 e. The standard InChI is InChI=1S/C11H10O4S2/c1-17(14,15)6-7-5-16-9-4-2-3-8(10(7)9)11(12)13/h2-5H,6H2,1H3,(H,12,13). The molecule has 0 bridgehead atoms. The van der Waals surface area contributed by atoms with Gasteiger partial charge < -0.3 is 5.11 Å². The molecule has 0 saturated heterocycles. The SMILES string of the molecule is CS(=O)(=O)Cc1csc2cccc(C(=O)O)c12. The maximum atomic E-state index is 11.3. The molecule has 0 aliphatic rings. The first-order chi connectivity index (χ1) is 7.88. The molecule has 1 aromatic carbocycles. The minimum atomic E-state index is -3.17. The van der Waals surface area contributed by atoms with Crippen molar-refractivity contribution in [1.29, 1.82) is 0 Å². The predicted molar refractivity (Wildman–Crippen MR) is 67.3 cm³/mol. The van der Waals surface area contributed by atoms with Crippen molar-refractivity contribution in [2.24, 2.45) is 0 Å². The van der Waals surface area contributed by atoms with E-state index in [1.807, 2.05) is 0 Å². The minimum absolute atomic E-state index is 0.128. The Morgan fingerprint density at radius 1 is 1.41 bits per heavy atom. The van der Waals surface area contributed by atoms with E-state index in [-0.39, 0.29) is 11.3 Å². The van der Waals surface area contributed by atoms with Gasteiger partial charge in [-0.3, -0.25) is 0 Å². The van der Waals surface area contributed by atoms with Crippen LogP contribution in [0.5, 0.6) is 0 Å². The number of benzene rings is 1. The van der Waals surface area contributed by atoms with Gasteiger partial charge in [-0.15, -0.1) is 11.3 Å². The molecule has 90 valence electrons. The molecule has 4 nitrogen and oxygen atoms in total. The highest BCUT2D eigenvalue weighted by Gasteiger charge is 2.16. The maximum Gasteiger partial charge on any atom is 0.336 e. The van der Waals surface area contributed by atoms with Crippen molar-refractivity contribution >= 4 is 37.2 Å². The number of hydrogen-bond donors (Lipinski definition) is 1. The Kier molecular flexibility index (Phi) is 2.92. The van der Waals surface area contributed by atoms with E-state index in [4.69, 9.17) is 5.11 Å². The molecule has 1 aromatic heterocycles. The van der Waals surface area contributed by atoms with Crippen LogP contribution in [0.4, 0.5) is 0 Å². The van der Waals surface area contributed by atoms with Crippen LogP contribution in [0.2, 0.25) is 0 Å². The third-order valence-corrected chi connectivity index (χ3v) is 4.16. The summed E-state index contributed by atoms with van der Waals surface area (Å²) in [5.74, 6) is -1.17. The highest BCUT2D eigenvalue weighted by Crippen LogP contribution is 2.30. The Bertz CT molecular complexity index is 683. The molecule has 0 spiro atoms. The summed E-state index contributed by atoms with van der Waals surface area (Å²) >= 11 is 1.36. The Morgan fingerprint density at radius 2 is 2.12 bits per heavy atom. The van der Waals surface area contributed by atoms with E-state index in [2.05, 4.69) is 0 Å². The van der Waals surface area contributed by atoms with Crippen molar-refractivity contribution in [2.45, 2.75) is 5.75 Å². The zero-order valence-electron chi connectivity index (χ0n) is 9.00. The second kappa shape index (κ2) is 4.12. The van der Waals surface area contributed by atoms with Gasteiger partial charge in [-0.05, 0) is 23.1 Å². The first kappa shape index (κ1) is 12.1. The van der Waals surface area contributed by atoms with Gasteiger partial charge in [0.1, 0.15) is 0 Å². The predicted octanol–water partition coefficient (Wildman–Crippen LogP) is 2.14. The van der Waals surface area contributed by atoms with Gasteiger partial charge >= 0.3 is 5.97 Å². The summed E-state index contributed by atoms with van der Waals surface area (Å²) in [6.45, 7) is 0. The van der Waals surface area contributed by atoms with E-state index < -0.39 is 15.8 Å². The molecule has 2 aromatic rings. The molecular formula is C11H10O4S2. The molecule has 0 aliphatic heterocycles. The first-order valence-electron chi connectivity index (χ1n) is 4.78. The summed E-state index contributed by atoms with van der Waals surface area (Å²) in [7, 11) is -3.17. The van der Waals surface area contributed by atoms with Crippen LogP contribution in [0, 0.1) is 0 Å². The van der Waals surface area contributed by atoms with Crippen LogP contribution in [0.3, 0.4) is 0 Å². The van der Waals surface area contributed by atoms with Crippen molar-refractivity contribution < 1.29 is 18.3 Å². The van der Waals surface area contributed by atoms with E-state index in [9.17, 15) is 13.2 Å². The van der Waals surface area contributed by atoms with Crippen molar-refractivity contribution in [2.75, 3.05) is 6.26 Å². The van der Waals surface area contributed by atoms with Crippen LogP contribution in [-0.4, -0.2) is 25.7 Å². The zero-order chi connectivity index (χ0) is 12.6. The average Bonchev–Trinajstić information content (AvgIpc) is 2.59. The van der Waals surface area contributed by atoms with Gasteiger partial charge in [0.15, 0.2) is 9.84 Å². The number of carbonyl (C=O) groups is 1. The van der Waals surface area contributed by atoms with Crippen LogP contribution >= 0.6 is 11.3 Å². The Balaban J connectivity index is 2.70. The lowest BCUT2D eigenvalue weighted by Gasteiger charge is -2.01. The molecule has 2 rings (SSSR count). The van der Waals surface area contributed by atoms with E-state index >= 15 is 0 Å². The molecule has 17 heavy (non-hydrogen) atoms. The minimum Gasteiger partial charge on any atom is -0.478 e. The summed E-state index contributed by atoms with van der Waals surface area (Å²) in [6.07, 6.45) is 1.14. The Labute approximate surface area is 102 Å². The van der Waals surface area contributed by atoms with Gasteiger partial charge in [-0.2, -0.15) is 0 Å². The lowest BCUT2D eigenvalue weighted by atomic mass is 10.1. The van der Waals surface area contributed by atoms with Gasteiger partial charge in [0.05, 0.1) is 11.3 Å². The summed E-state index contributed by atoms with van der Waals surface area (Å²) < 4.78 is 23.4. The summed E-state index contributed by atoms with van der Waals surface area (Å²) in [5, 5.41) is 11.3. The largest absolute Gasteiger partial charge is 0.478 e. The van der Waals surface area contributed by atoms with Crippen molar-refractivity contribution in [3.05, 3.63) is 34.7 Å². The van der Waals surface area contributed by atoms with Crippen molar-refractivity contribution in [3.63, 3.8) is 0 Å². The first-order valence-corrected chi connectivity index (χ1v) is 7.72. The fourth-order valence-corrected chi connectivity index (χ4v) is 3.61. The number of carboxylic acid groups (broad SMARTS) is 1. The molecule has 6 heteroatoms. The summed E-state index contributed by atoms with van der Waals surface area (Å²) in [4.78, 5) is 11.1. The number of aromatic carboxylic acids is 1. The topological polar surface area (TPSA) is 71.4 Å². The van der Waals surface area contributed by atoms with E-state index in [0.29, 0.717) is 10.9 Å². The summed E-state index contributed by atoms with van der Waals surface area (Å²) in [6, 6.07) is 4.94. The van der Waals surface area contributed by atoms with Crippen LogP contribution in [0.1, 0.15) is 15.9 Å². The Morgan fingerprint density at radius 3 is 2.71 bits per heavy atom. The fourth-order valence-electron chi connectivity index (χ4n) is 1.72. The number of hydrogen-bond acceptors (Lipinski definition) is 4. The second-order valence-corrected chi connectivity index (χ2v) is 6.87. The quantitative estimate of drug-likeness (QED) is 0.927. The number of carboxylic acids is 1. The number of rotatable bonds is 3. The molecule has 1 N–H and O–H groups in total. The Hall–Kier alpha value is -1.40. The molecule has 0 amide bonds. The van der Waals surface area contributed by atoms with Crippen LogP contribution in [0.25, 0.3) is 10.1 Å². The zero-order valence-corrected chi connectivity index (χ0v) is 10.6. The van der Waals surface area contributed by atoms with Crippen LogP contribution in [0.15, 0.2) is 23.6 Å². The van der Waals surface area contributed by atoms with Gasteiger partial charge in [-0.1, -0.05) is 6.07 Å². The normalized spacial score (nSPS) is 11.8. The number of fused-ring (bicyclic) bond motifs is 1. The lowest BCUT2D eigenvalue weighted by Crippen LogP contribution is -2.02. The van der Waals surface area contributed by atoms with Crippen LogP contribution < -0.4 is 0 Å². The summed E-state index contributed by atoms with van der Waals surface area (Å²) in [5.41, 5.74) is 0.716. The molecule has 0 aliphatic carbocycles.